The number of hydrogen-bond acceptors (Lipinski definition) is 4. The summed E-state index contributed by atoms with van der Waals surface area (Å²) < 4.78 is 4.86. The molecule has 0 saturated carbocycles. The second kappa shape index (κ2) is 4.73. The largest absolute Gasteiger partial charge is 0.373 e. The maximum atomic E-state index is 4.86. The first-order valence-electron chi connectivity index (χ1n) is 3.60. The van der Waals surface area contributed by atoms with Crippen molar-refractivity contribution in [1.29, 1.82) is 0 Å². The minimum absolute atomic E-state index is 0.634. The van der Waals surface area contributed by atoms with Gasteiger partial charge in [0.2, 0.25) is 0 Å². The molecule has 0 aromatic carbocycles. The van der Waals surface area contributed by atoms with Crippen LogP contribution < -0.4 is 0 Å². The average molecular weight is 153 g/mol. The Bertz CT molecular complexity index is 150. The fourth-order valence-electron chi connectivity index (χ4n) is 0.509. The lowest BCUT2D eigenvalue weighted by molar-refractivity contribution is 0.403. The molecule has 1 atom stereocenters. The highest BCUT2D eigenvalue weighted by Gasteiger charge is 2.18. The topological polar surface area (TPSA) is 51.2 Å². The normalized spacial score (nSPS) is 19.9. The second-order valence-electron chi connectivity index (χ2n) is 2.16. The fourth-order valence-corrected chi connectivity index (χ4v) is 0.509. The Balaban J connectivity index is 0.000000112. The average Bonchev–Trinajstić information content (AvgIpc) is 2.91. The van der Waals surface area contributed by atoms with E-state index in [9.17, 15) is 0 Å². The lowest BCUT2D eigenvalue weighted by Crippen LogP contribution is -1.73. The molecule has 1 unspecified atom stereocenters. The van der Waals surface area contributed by atoms with E-state index in [1.54, 1.807) is 0 Å². The molecule has 1 saturated heterocycles. The lowest BCUT2D eigenvalue weighted by atomic mass is 10.4. The zero-order valence-corrected chi connectivity index (χ0v) is 6.47. The van der Waals surface area contributed by atoms with E-state index >= 15 is 0 Å². The van der Waals surface area contributed by atoms with Gasteiger partial charge in [-0.1, -0.05) is 6.92 Å². The molecule has 0 N–H and O–H groups in total. The van der Waals surface area contributed by atoms with Crippen molar-refractivity contribution in [3.63, 3.8) is 0 Å². The van der Waals surface area contributed by atoms with Gasteiger partial charge in [0.1, 0.15) is 19.0 Å². The second-order valence-corrected chi connectivity index (χ2v) is 2.16. The summed E-state index contributed by atoms with van der Waals surface area (Å²) in [6.07, 6.45) is 6.14. The van der Waals surface area contributed by atoms with E-state index in [0.717, 1.165) is 6.61 Å². The highest BCUT2D eigenvalue weighted by molar-refractivity contribution is 4.64. The molecule has 1 aliphatic rings. The molecule has 1 fully saturated rings. The van der Waals surface area contributed by atoms with Crippen LogP contribution in [0.2, 0.25) is 0 Å². The van der Waals surface area contributed by atoms with Crippen LogP contribution in [-0.2, 0) is 4.74 Å². The molecule has 0 aliphatic carbocycles. The molecule has 2 heterocycles. The molecule has 1 aliphatic heterocycles. The van der Waals surface area contributed by atoms with Gasteiger partial charge in [-0.15, -0.1) is 0 Å². The van der Waals surface area contributed by atoms with Gasteiger partial charge in [0.15, 0.2) is 0 Å². The molecule has 0 amide bonds. The zero-order valence-electron chi connectivity index (χ0n) is 6.47. The van der Waals surface area contributed by atoms with E-state index in [0.29, 0.717) is 6.10 Å². The predicted octanol–water partition coefficient (Wildman–Crippen LogP) is 0.667. The smallest absolute Gasteiger partial charge is 0.119 e. The number of nitrogens with zero attached hydrogens (tertiary/aromatic N) is 3. The van der Waals surface area contributed by atoms with Crippen LogP contribution in [0.1, 0.15) is 13.3 Å². The Hall–Kier alpha value is -1.03. The van der Waals surface area contributed by atoms with Gasteiger partial charge in [-0.25, -0.2) is 15.0 Å². The maximum Gasteiger partial charge on any atom is 0.119 e. The monoisotopic (exact) mass is 153 g/mol. The van der Waals surface area contributed by atoms with Crippen LogP contribution in [0.4, 0.5) is 0 Å². The molecular formula is C7H11N3O. The van der Waals surface area contributed by atoms with Gasteiger partial charge in [0, 0.05) is 0 Å². The van der Waals surface area contributed by atoms with Crippen molar-refractivity contribution in [2.75, 3.05) is 6.61 Å². The van der Waals surface area contributed by atoms with Crippen molar-refractivity contribution >= 4 is 0 Å². The summed E-state index contributed by atoms with van der Waals surface area (Å²) in [5, 5.41) is 0. The van der Waals surface area contributed by atoms with Crippen LogP contribution in [0.3, 0.4) is 0 Å². The third-order valence-electron chi connectivity index (χ3n) is 1.26. The van der Waals surface area contributed by atoms with E-state index in [2.05, 4.69) is 21.9 Å². The maximum absolute atomic E-state index is 4.86. The van der Waals surface area contributed by atoms with E-state index in [1.165, 1.54) is 25.4 Å². The predicted molar refractivity (Wildman–Crippen MR) is 39.9 cm³/mol. The van der Waals surface area contributed by atoms with Crippen LogP contribution in [0.5, 0.6) is 0 Å². The summed E-state index contributed by atoms with van der Waals surface area (Å²) in [5.74, 6) is 0. The van der Waals surface area contributed by atoms with Crippen molar-refractivity contribution in [2.45, 2.75) is 19.4 Å². The number of rotatable bonds is 1. The van der Waals surface area contributed by atoms with E-state index < -0.39 is 0 Å². The summed E-state index contributed by atoms with van der Waals surface area (Å²) in [4.78, 5) is 10.7. The molecule has 1 aromatic heterocycles. The first kappa shape index (κ1) is 8.07. The summed E-state index contributed by atoms with van der Waals surface area (Å²) in [6.45, 7) is 3.15. The Kier molecular flexibility index (Phi) is 3.47. The third-order valence-corrected chi connectivity index (χ3v) is 1.26. The van der Waals surface area contributed by atoms with E-state index in [4.69, 9.17) is 4.74 Å². The zero-order chi connectivity index (χ0) is 7.94. The first-order valence-corrected chi connectivity index (χ1v) is 3.60. The Morgan fingerprint density at radius 2 is 1.73 bits per heavy atom. The molecule has 4 nitrogen and oxygen atoms in total. The van der Waals surface area contributed by atoms with Gasteiger partial charge in [0.25, 0.3) is 0 Å². The number of ether oxygens (including phenoxy) is 1. The quantitative estimate of drug-likeness (QED) is 0.556. The first-order chi connectivity index (χ1) is 5.43. The van der Waals surface area contributed by atoms with Crippen molar-refractivity contribution in [2.24, 2.45) is 0 Å². The standard InChI is InChI=1S/C4H8O.C3H3N3/c1-2-4-3-5-4;1-4-2-6-3-5-1/h4H,2-3H2,1H3;1-3H. The van der Waals surface area contributed by atoms with Gasteiger partial charge in [-0.05, 0) is 6.42 Å². The fraction of sp³-hybridized carbons (Fsp3) is 0.571. The number of hydrogen-bond donors (Lipinski definition) is 0. The number of epoxide rings is 1. The van der Waals surface area contributed by atoms with Crippen LogP contribution in [0, 0.1) is 0 Å². The minimum Gasteiger partial charge on any atom is -0.373 e. The van der Waals surface area contributed by atoms with Crippen molar-refractivity contribution in [3.05, 3.63) is 19.0 Å². The Morgan fingerprint density at radius 1 is 1.27 bits per heavy atom. The molecular weight excluding hydrogens is 142 g/mol. The molecule has 60 valence electrons. The highest BCUT2D eigenvalue weighted by Crippen LogP contribution is 2.10. The van der Waals surface area contributed by atoms with Crippen LogP contribution in [0.15, 0.2) is 19.0 Å². The van der Waals surface area contributed by atoms with Crippen LogP contribution in [0.25, 0.3) is 0 Å². The Morgan fingerprint density at radius 3 is 1.82 bits per heavy atom. The third kappa shape index (κ3) is 4.38. The summed E-state index contributed by atoms with van der Waals surface area (Å²) in [7, 11) is 0. The van der Waals surface area contributed by atoms with E-state index in [-0.39, 0.29) is 0 Å². The van der Waals surface area contributed by atoms with E-state index in [1.807, 2.05) is 0 Å². The summed E-state index contributed by atoms with van der Waals surface area (Å²) in [6, 6.07) is 0. The Labute approximate surface area is 65.7 Å². The highest BCUT2D eigenvalue weighted by atomic mass is 16.6. The molecule has 0 spiro atoms. The van der Waals surface area contributed by atoms with Gasteiger partial charge in [0.05, 0.1) is 12.7 Å². The van der Waals surface area contributed by atoms with Crippen molar-refractivity contribution in [3.8, 4) is 0 Å². The summed E-state index contributed by atoms with van der Waals surface area (Å²) >= 11 is 0. The summed E-state index contributed by atoms with van der Waals surface area (Å²) in [5.41, 5.74) is 0. The van der Waals surface area contributed by atoms with Gasteiger partial charge in [-0.3, -0.25) is 0 Å². The number of aromatic nitrogens is 3. The van der Waals surface area contributed by atoms with Crippen LogP contribution in [-0.4, -0.2) is 27.7 Å². The van der Waals surface area contributed by atoms with Crippen molar-refractivity contribution < 1.29 is 4.74 Å². The SMILES string of the molecule is CCC1CO1.c1ncncn1. The molecule has 0 bridgehead atoms. The molecule has 2 rings (SSSR count). The van der Waals surface area contributed by atoms with Crippen molar-refractivity contribution in [1.82, 2.24) is 15.0 Å². The van der Waals surface area contributed by atoms with Gasteiger partial charge in [-0.2, -0.15) is 0 Å². The molecule has 11 heavy (non-hydrogen) atoms. The van der Waals surface area contributed by atoms with Crippen LogP contribution >= 0.6 is 0 Å². The van der Waals surface area contributed by atoms with Gasteiger partial charge < -0.3 is 4.74 Å². The molecule has 1 aromatic rings. The molecule has 4 heteroatoms. The molecule has 0 radical (unpaired) electrons. The van der Waals surface area contributed by atoms with Gasteiger partial charge >= 0.3 is 0 Å². The minimum atomic E-state index is 0.634. The lowest BCUT2D eigenvalue weighted by Gasteiger charge is -1.69.